The standard InChI is InChI=1S/C13H14O4S/c14-12-9-6-7-11(13(12)17-8-9)18(15,16)10-4-2-1-3-5-10/h1-5,7,9,12-14H,6,8H2/t9-,12-,13-/m1/s1. The highest BCUT2D eigenvalue weighted by Crippen LogP contribution is 2.37. The van der Waals surface area contributed by atoms with Crippen LogP contribution in [-0.2, 0) is 14.6 Å². The Bertz CT molecular complexity index is 576. The van der Waals surface area contributed by atoms with Crippen LogP contribution in [0.25, 0.3) is 0 Å². The lowest BCUT2D eigenvalue weighted by Gasteiger charge is -2.24. The molecule has 1 fully saturated rings. The summed E-state index contributed by atoms with van der Waals surface area (Å²) >= 11 is 0. The zero-order chi connectivity index (χ0) is 12.8. The van der Waals surface area contributed by atoms with Crippen LogP contribution in [0.2, 0.25) is 0 Å². The van der Waals surface area contributed by atoms with Gasteiger partial charge in [-0.15, -0.1) is 0 Å². The lowest BCUT2D eigenvalue weighted by Crippen LogP contribution is -2.34. The summed E-state index contributed by atoms with van der Waals surface area (Å²) in [4.78, 5) is 0.451. The molecule has 4 nitrogen and oxygen atoms in total. The minimum Gasteiger partial charge on any atom is -0.390 e. The third-order valence-corrected chi connectivity index (χ3v) is 5.46. The lowest BCUT2D eigenvalue weighted by atomic mass is 9.93. The van der Waals surface area contributed by atoms with Gasteiger partial charge in [-0.05, 0) is 18.6 Å². The van der Waals surface area contributed by atoms with E-state index >= 15 is 0 Å². The number of benzene rings is 1. The van der Waals surface area contributed by atoms with Gasteiger partial charge < -0.3 is 9.84 Å². The van der Waals surface area contributed by atoms with E-state index in [0.717, 1.165) is 0 Å². The SMILES string of the molecule is O=S(=O)(C1=CC[C@@H]2CO[C@H]1[C@@H]2O)c1ccccc1. The normalized spacial score (nSPS) is 31.2. The number of aliphatic hydroxyl groups excluding tert-OH is 1. The molecule has 1 heterocycles. The van der Waals surface area contributed by atoms with E-state index < -0.39 is 22.0 Å². The Labute approximate surface area is 106 Å². The average molecular weight is 266 g/mol. The first-order chi connectivity index (χ1) is 8.60. The molecule has 0 saturated carbocycles. The monoisotopic (exact) mass is 266 g/mol. The van der Waals surface area contributed by atoms with Gasteiger partial charge in [-0.25, -0.2) is 8.42 Å². The van der Waals surface area contributed by atoms with Crippen molar-refractivity contribution in [3.05, 3.63) is 41.3 Å². The van der Waals surface area contributed by atoms with E-state index in [4.69, 9.17) is 4.74 Å². The van der Waals surface area contributed by atoms with Crippen LogP contribution in [0.15, 0.2) is 46.2 Å². The van der Waals surface area contributed by atoms with E-state index in [1.54, 1.807) is 36.4 Å². The minimum atomic E-state index is -3.55. The molecule has 2 aliphatic rings. The van der Waals surface area contributed by atoms with E-state index in [0.29, 0.717) is 13.0 Å². The second-order valence-corrected chi connectivity index (χ2v) is 6.61. The topological polar surface area (TPSA) is 63.6 Å². The Balaban J connectivity index is 2.03. The molecule has 2 bridgehead atoms. The van der Waals surface area contributed by atoms with Gasteiger partial charge in [0.1, 0.15) is 6.10 Å². The number of ether oxygens (including phenoxy) is 1. The van der Waals surface area contributed by atoms with Crippen molar-refractivity contribution in [2.24, 2.45) is 5.92 Å². The van der Waals surface area contributed by atoms with E-state index in [9.17, 15) is 13.5 Å². The summed E-state index contributed by atoms with van der Waals surface area (Å²) in [5.74, 6) is 0.0322. The largest absolute Gasteiger partial charge is 0.390 e. The van der Waals surface area contributed by atoms with Gasteiger partial charge in [-0.2, -0.15) is 0 Å². The van der Waals surface area contributed by atoms with Crippen LogP contribution in [0.3, 0.4) is 0 Å². The van der Waals surface area contributed by atoms with Crippen LogP contribution in [-0.4, -0.2) is 32.3 Å². The van der Waals surface area contributed by atoms with Crippen molar-refractivity contribution in [2.75, 3.05) is 6.61 Å². The van der Waals surface area contributed by atoms with Gasteiger partial charge in [0.2, 0.25) is 9.84 Å². The number of hydrogen-bond acceptors (Lipinski definition) is 4. The number of rotatable bonds is 2. The zero-order valence-electron chi connectivity index (χ0n) is 9.69. The van der Waals surface area contributed by atoms with Crippen molar-refractivity contribution < 1.29 is 18.3 Å². The third kappa shape index (κ3) is 1.70. The number of aliphatic hydroxyl groups is 1. The average Bonchev–Trinajstić information content (AvgIpc) is 2.63. The van der Waals surface area contributed by atoms with Gasteiger partial charge in [-0.1, -0.05) is 24.3 Å². The van der Waals surface area contributed by atoms with Gasteiger partial charge in [0.25, 0.3) is 0 Å². The van der Waals surface area contributed by atoms with Crippen molar-refractivity contribution >= 4 is 9.84 Å². The Hall–Kier alpha value is -1.17. The summed E-state index contributed by atoms with van der Waals surface area (Å²) in [5.41, 5.74) is 0. The van der Waals surface area contributed by atoms with Crippen molar-refractivity contribution in [3.8, 4) is 0 Å². The van der Waals surface area contributed by atoms with E-state index in [1.165, 1.54) is 0 Å². The summed E-state index contributed by atoms with van der Waals surface area (Å²) in [6.45, 7) is 0.427. The molecule has 18 heavy (non-hydrogen) atoms. The summed E-state index contributed by atoms with van der Waals surface area (Å²) < 4.78 is 30.3. The first kappa shape index (κ1) is 11.9. The molecule has 1 aromatic rings. The quantitative estimate of drug-likeness (QED) is 0.871. The predicted octanol–water partition coefficient (Wildman–Crippen LogP) is 1.12. The van der Waals surface area contributed by atoms with Crippen molar-refractivity contribution in [2.45, 2.75) is 23.5 Å². The molecule has 0 amide bonds. The highest BCUT2D eigenvalue weighted by Gasteiger charge is 2.45. The van der Waals surface area contributed by atoms with Gasteiger partial charge in [-0.3, -0.25) is 0 Å². The Kier molecular flexibility index (Phi) is 2.77. The maximum Gasteiger partial charge on any atom is 0.205 e. The molecule has 5 heteroatoms. The molecule has 3 rings (SSSR count). The molecule has 1 aliphatic carbocycles. The first-order valence-corrected chi connectivity index (χ1v) is 7.39. The second kappa shape index (κ2) is 4.19. The lowest BCUT2D eigenvalue weighted by molar-refractivity contribution is 0.0639. The maximum atomic E-state index is 12.5. The first-order valence-electron chi connectivity index (χ1n) is 5.90. The van der Waals surface area contributed by atoms with Gasteiger partial charge in [0, 0.05) is 5.92 Å². The number of sulfone groups is 1. The third-order valence-electron chi connectivity index (χ3n) is 3.55. The fourth-order valence-electron chi connectivity index (χ4n) is 2.51. The summed E-state index contributed by atoms with van der Waals surface area (Å²) in [5, 5.41) is 9.96. The fraction of sp³-hybridized carbons (Fsp3) is 0.385. The molecule has 0 radical (unpaired) electrons. The summed E-state index contributed by atoms with van der Waals surface area (Å²) in [6.07, 6.45) is 0.841. The van der Waals surface area contributed by atoms with E-state index in [-0.39, 0.29) is 15.7 Å². The number of hydrogen-bond donors (Lipinski definition) is 1. The zero-order valence-corrected chi connectivity index (χ0v) is 10.5. The molecule has 1 aliphatic heterocycles. The number of allylic oxidation sites excluding steroid dienone is 1. The highest BCUT2D eigenvalue weighted by molar-refractivity contribution is 7.95. The molecule has 1 saturated heterocycles. The summed E-state index contributed by atoms with van der Waals surface area (Å²) in [7, 11) is -3.55. The van der Waals surface area contributed by atoms with Crippen molar-refractivity contribution in [3.63, 3.8) is 0 Å². The maximum absolute atomic E-state index is 12.5. The smallest absolute Gasteiger partial charge is 0.205 e. The summed E-state index contributed by atoms with van der Waals surface area (Å²) in [6, 6.07) is 8.26. The highest BCUT2D eigenvalue weighted by atomic mass is 32.2. The van der Waals surface area contributed by atoms with Crippen LogP contribution in [0.5, 0.6) is 0 Å². The molecule has 96 valence electrons. The van der Waals surface area contributed by atoms with E-state index in [1.807, 2.05) is 0 Å². The van der Waals surface area contributed by atoms with Crippen molar-refractivity contribution in [1.29, 1.82) is 0 Å². The Morgan fingerprint density at radius 1 is 1.22 bits per heavy atom. The minimum absolute atomic E-state index is 0.0322. The van der Waals surface area contributed by atoms with Crippen molar-refractivity contribution in [1.82, 2.24) is 0 Å². The van der Waals surface area contributed by atoms with Gasteiger partial charge in [0.05, 0.1) is 22.5 Å². The molecule has 0 aromatic heterocycles. The molecular formula is C13H14O4S. The molecule has 1 N–H and O–H groups in total. The van der Waals surface area contributed by atoms with Crippen LogP contribution in [0, 0.1) is 5.92 Å². The van der Waals surface area contributed by atoms with Crippen LogP contribution in [0.4, 0.5) is 0 Å². The Morgan fingerprint density at radius 2 is 1.94 bits per heavy atom. The molecule has 1 aromatic carbocycles. The van der Waals surface area contributed by atoms with Crippen LogP contribution >= 0.6 is 0 Å². The molecule has 0 spiro atoms. The van der Waals surface area contributed by atoms with Crippen LogP contribution < -0.4 is 0 Å². The predicted molar refractivity (Wildman–Crippen MR) is 65.6 cm³/mol. The molecule has 3 atom stereocenters. The Morgan fingerprint density at radius 3 is 2.67 bits per heavy atom. The molecule has 0 unspecified atom stereocenters. The molecular weight excluding hydrogens is 252 g/mol. The van der Waals surface area contributed by atoms with Crippen LogP contribution in [0.1, 0.15) is 6.42 Å². The second-order valence-electron chi connectivity index (χ2n) is 4.66. The fourth-order valence-corrected chi connectivity index (χ4v) is 4.13. The number of fused-ring (bicyclic) bond motifs is 2. The van der Waals surface area contributed by atoms with E-state index in [2.05, 4.69) is 0 Å². The van der Waals surface area contributed by atoms with Gasteiger partial charge in [0.15, 0.2) is 0 Å². The van der Waals surface area contributed by atoms with Gasteiger partial charge >= 0.3 is 0 Å².